The first-order chi connectivity index (χ1) is 19.8. The van der Waals surface area contributed by atoms with E-state index in [4.69, 9.17) is 21.1 Å². The quantitative estimate of drug-likeness (QED) is 0.0876. The van der Waals surface area contributed by atoms with Gasteiger partial charge in [-0.2, -0.15) is 0 Å². The molecule has 0 bridgehead atoms. The first-order valence-electron chi connectivity index (χ1n) is 13.3. The number of carbonyl (C=O) groups is 2. The molecule has 10 heteroatoms. The molecule has 41 heavy (non-hydrogen) atoms. The van der Waals surface area contributed by atoms with Crippen LogP contribution in [-0.2, 0) is 9.59 Å². The minimum atomic E-state index is -1.04. The number of hydrogen-bond acceptors (Lipinski definition) is 7. The van der Waals surface area contributed by atoms with Crippen molar-refractivity contribution >= 4 is 55.7 Å². The van der Waals surface area contributed by atoms with Crippen LogP contribution in [0.3, 0.4) is 0 Å². The molecule has 0 saturated carbocycles. The number of hydrogen-bond donors (Lipinski definition) is 1. The molecule has 212 valence electrons. The van der Waals surface area contributed by atoms with Gasteiger partial charge >= 0.3 is 5.91 Å². The summed E-state index contributed by atoms with van der Waals surface area (Å²) in [6.07, 6.45) is 2.99. The number of amides is 1. The molecular formula is C31H28ClFN2O5S. The Bertz CT molecular complexity index is 1640. The van der Waals surface area contributed by atoms with Crippen LogP contribution in [0.1, 0.15) is 50.3 Å². The highest BCUT2D eigenvalue weighted by Crippen LogP contribution is 2.46. The van der Waals surface area contributed by atoms with Gasteiger partial charge in [-0.25, -0.2) is 9.37 Å². The molecule has 7 nitrogen and oxygen atoms in total. The predicted octanol–water partition coefficient (Wildman–Crippen LogP) is 7.68. The third kappa shape index (κ3) is 5.78. The van der Waals surface area contributed by atoms with Crippen molar-refractivity contribution in [2.75, 3.05) is 18.1 Å². The van der Waals surface area contributed by atoms with Crippen LogP contribution in [0.2, 0.25) is 5.02 Å². The molecule has 1 aliphatic heterocycles. The van der Waals surface area contributed by atoms with Gasteiger partial charge < -0.3 is 14.6 Å². The van der Waals surface area contributed by atoms with E-state index in [0.717, 1.165) is 30.6 Å². The molecule has 1 aromatic heterocycles. The van der Waals surface area contributed by atoms with Crippen molar-refractivity contribution in [2.45, 2.75) is 39.2 Å². The molecule has 1 aliphatic rings. The lowest BCUT2D eigenvalue weighted by Gasteiger charge is -2.24. The van der Waals surface area contributed by atoms with E-state index in [0.29, 0.717) is 51.1 Å². The minimum Gasteiger partial charge on any atom is -0.507 e. The number of ketones is 1. The molecule has 4 aromatic rings. The van der Waals surface area contributed by atoms with Gasteiger partial charge in [0.25, 0.3) is 5.78 Å². The SMILES string of the molecule is CCCCCOc1ccc(C2C(=C(O)c3ccc(Cl)cc3)C(=O)C(=O)N2c2nc3ccc(F)cc3s2)cc1OCC. The van der Waals surface area contributed by atoms with E-state index >= 15 is 0 Å². The average Bonchev–Trinajstić information content (AvgIpc) is 3.49. The smallest absolute Gasteiger partial charge is 0.301 e. The maximum absolute atomic E-state index is 13.9. The van der Waals surface area contributed by atoms with Gasteiger partial charge in [0.05, 0.1) is 35.0 Å². The Kier molecular flexibility index (Phi) is 8.56. The maximum atomic E-state index is 13.9. The second kappa shape index (κ2) is 12.3. The largest absolute Gasteiger partial charge is 0.507 e. The number of anilines is 1. The molecule has 1 amide bonds. The second-order valence-electron chi connectivity index (χ2n) is 9.48. The molecule has 0 aliphatic carbocycles. The number of halogens is 2. The number of aliphatic hydroxyl groups is 1. The van der Waals surface area contributed by atoms with Crippen molar-refractivity contribution in [2.24, 2.45) is 0 Å². The van der Waals surface area contributed by atoms with Crippen LogP contribution in [0.25, 0.3) is 16.0 Å². The van der Waals surface area contributed by atoms with E-state index in [9.17, 15) is 19.1 Å². The summed E-state index contributed by atoms with van der Waals surface area (Å²) in [7, 11) is 0. The van der Waals surface area contributed by atoms with Crippen molar-refractivity contribution in [1.82, 2.24) is 4.98 Å². The lowest BCUT2D eigenvalue weighted by Crippen LogP contribution is -2.29. The Hall–Kier alpha value is -3.95. The van der Waals surface area contributed by atoms with Crippen LogP contribution in [-0.4, -0.2) is 35.0 Å². The number of thiazole rings is 1. The fraction of sp³-hybridized carbons (Fsp3) is 0.258. The standard InChI is InChI=1S/C31H28ClFN2O5S/c1-3-5-6-15-40-23-14-9-19(16-24(23)39-4-2)27-26(28(36)18-7-10-20(32)11-8-18)29(37)30(38)35(27)31-34-22-13-12-21(33)17-25(22)41-31/h7-14,16-17,27,36H,3-6,15H2,1-2H3. The van der Waals surface area contributed by atoms with Crippen LogP contribution in [0.5, 0.6) is 11.5 Å². The van der Waals surface area contributed by atoms with E-state index in [1.165, 1.54) is 23.1 Å². The summed E-state index contributed by atoms with van der Waals surface area (Å²) >= 11 is 7.12. The number of ether oxygens (including phenoxy) is 2. The number of fused-ring (bicyclic) bond motifs is 1. The average molecular weight is 595 g/mol. The van der Waals surface area contributed by atoms with Gasteiger partial charge in [0.15, 0.2) is 16.6 Å². The molecule has 1 unspecified atom stereocenters. The van der Waals surface area contributed by atoms with E-state index in [-0.39, 0.29) is 16.5 Å². The van der Waals surface area contributed by atoms with Crippen molar-refractivity contribution in [3.63, 3.8) is 0 Å². The summed E-state index contributed by atoms with van der Waals surface area (Å²) in [6, 6.07) is 14.6. The lowest BCUT2D eigenvalue weighted by molar-refractivity contribution is -0.132. The number of unbranched alkanes of at least 4 members (excludes halogenated alkanes) is 2. The Balaban J connectivity index is 1.66. The maximum Gasteiger partial charge on any atom is 0.301 e. The fourth-order valence-electron chi connectivity index (χ4n) is 4.71. The van der Waals surface area contributed by atoms with Gasteiger partial charge in [-0.05, 0) is 73.5 Å². The highest BCUT2D eigenvalue weighted by atomic mass is 35.5. The van der Waals surface area contributed by atoms with Gasteiger partial charge in [-0.15, -0.1) is 0 Å². The second-order valence-corrected chi connectivity index (χ2v) is 10.9. The zero-order chi connectivity index (χ0) is 29.1. The highest BCUT2D eigenvalue weighted by molar-refractivity contribution is 7.22. The summed E-state index contributed by atoms with van der Waals surface area (Å²) in [6.45, 7) is 4.84. The molecule has 3 aromatic carbocycles. The summed E-state index contributed by atoms with van der Waals surface area (Å²) < 4.78 is 26.3. The molecule has 0 spiro atoms. The van der Waals surface area contributed by atoms with E-state index in [1.807, 2.05) is 6.92 Å². The monoisotopic (exact) mass is 594 g/mol. The molecule has 1 atom stereocenters. The van der Waals surface area contributed by atoms with Gasteiger partial charge in [0.1, 0.15) is 11.6 Å². The summed E-state index contributed by atoms with van der Waals surface area (Å²) in [5.74, 6) is -1.53. The molecule has 5 rings (SSSR count). The normalized spacial score (nSPS) is 16.5. The van der Waals surface area contributed by atoms with Crippen molar-refractivity contribution in [1.29, 1.82) is 0 Å². The number of carbonyl (C=O) groups excluding carboxylic acids is 2. The number of aromatic nitrogens is 1. The van der Waals surface area contributed by atoms with E-state index in [1.54, 1.807) is 42.5 Å². The summed E-state index contributed by atoms with van der Waals surface area (Å²) in [5, 5.41) is 12.0. The van der Waals surface area contributed by atoms with Crippen molar-refractivity contribution in [3.05, 3.63) is 88.2 Å². The van der Waals surface area contributed by atoms with E-state index < -0.39 is 23.5 Å². The molecule has 0 radical (unpaired) electrons. The van der Waals surface area contributed by atoms with Crippen LogP contribution in [0, 0.1) is 5.82 Å². The predicted molar refractivity (Wildman–Crippen MR) is 158 cm³/mol. The fourth-order valence-corrected chi connectivity index (χ4v) is 5.86. The Morgan fingerprint density at radius 2 is 1.80 bits per heavy atom. The molecule has 2 heterocycles. The van der Waals surface area contributed by atoms with Gasteiger partial charge in [0.2, 0.25) is 0 Å². The Morgan fingerprint density at radius 3 is 2.54 bits per heavy atom. The lowest BCUT2D eigenvalue weighted by atomic mass is 9.95. The number of nitrogens with zero attached hydrogens (tertiary/aromatic N) is 2. The first kappa shape index (κ1) is 28.6. The first-order valence-corrected chi connectivity index (χ1v) is 14.5. The van der Waals surface area contributed by atoms with Crippen molar-refractivity contribution < 1.29 is 28.6 Å². The van der Waals surface area contributed by atoms with Crippen LogP contribution in [0.15, 0.2) is 66.2 Å². The van der Waals surface area contributed by atoms with Gasteiger partial charge in [-0.1, -0.05) is 48.8 Å². The molecular weight excluding hydrogens is 567 g/mol. The number of Topliss-reactive ketones (excluding diaryl/α,β-unsaturated/α-hetero) is 1. The minimum absolute atomic E-state index is 0.109. The van der Waals surface area contributed by atoms with Gasteiger partial charge in [-0.3, -0.25) is 14.5 Å². The summed E-state index contributed by atoms with van der Waals surface area (Å²) in [4.78, 5) is 32.9. The zero-order valence-corrected chi connectivity index (χ0v) is 24.1. The molecule has 1 saturated heterocycles. The number of rotatable bonds is 10. The third-order valence-electron chi connectivity index (χ3n) is 6.70. The topological polar surface area (TPSA) is 89.0 Å². The van der Waals surface area contributed by atoms with E-state index in [2.05, 4.69) is 11.9 Å². The highest BCUT2D eigenvalue weighted by Gasteiger charge is 2.48. The Morgan fingerprint density at radius 1 is 1.02 bits per heavy atom. The Labute approximate surface area is 245 Å². The van der Waals surface area contributed by atoms with Crippen LogP contribution < -0.4 is 14.4 Å². The van der Waals surface area contributed by atoms with Crippen LogP contribution in [0.4, 0.5) is 9.52 Å². The summed E-state index contributed by atoms with van der Waals surface area (Å²) in [5.41, 5.74) is 1.21. The van der Waals surface area contributed by atoms with Crippen molar-refractivity contribution in [3.8, 4) is 11.5 Å². The zero-order valence-electron chi connectivity index (χ0n) is 22.5. The number of aliphatic hydroxyl groups excluding tert-OH is 1. The van der Waals surface area contributed by atoms with Gasteiger partial charge in [0, 0.05) is 10.6 Å². The number of benzene rings is 3. The van der Waals surface area contributed by atoms with Crippen LogP contribution >= 0.6 is 22.9 Å². The third-order valence-corrected chi connectivity index (χ3v) is 7.97. The molecule has 1 N–H and O–H groups in total. The molecule has 1 fully saturated rings.